The third-order valence-corrected chi connectivity index (χ3v) is 9.38. The van der Waals surface area contributed by atoms with Crippen molar-refractivity contribution in [1.82, 2.24) is 4.98 Å². The standard InChI is InChI=1S/C22H18Cl2N2O2.C21H17Cl2N3O2/c1-14-3-5-15(6-4-14)21(27)25-20-12-9-17(24)13-19(20)22(28)26(2)18-10-7-16(23)8-11-18;1-13-3-5-14(6-4-13)21(28)26(2)18-9-7-15(22)11-17(18)20(27)25-19-10-8-16(23)12-24-19/h3-13H,1-2H3,(H,25,27);3-12H,1-2H3,(H,24,25,27). The van der Waals surface area contributed by atoms with Gasteiger partial charge in [-0.25, -0.2) is 4.98 Å². The van der Waals surface area contributed by atoms with Crippen LogP contribution in [0.15, 0.2) is 128 Å². The van der Waals surface area contributed by atoms with Gasteiger partial charge in [-0.05, 0) is 111 Å². The van der Waals surface area contributed by atoms with Crippen LogP contribution in [0.3, 0.4) is 0 Å². The maximum Gasteiger partial charge on any atom is 0.260 e. The van der Waals surface area contributed by atoms with Gasteiger partial charge in [-0.15, -0.1) is 0 Å². The van der Waals surface area contributed by atoms with Crippen LogP contribution in [0, 0.1) is 13.8 Å². The molecular formula is C43H35Cl4N5O4. The lowest BCUT2D eigenvalue weighted by Gasteiger charge is -2.21. The summed E-state index contributed by atoms with van der Waals surface area (Å²) < 4.78 is 0. The van der Waals surface area contributed by atoms with Gasteiger partial charge in [0.05, 0.1) is 27.5 Å². The van der Waals surface area contributed by atoms with Gasteiger partial charge in [0, 0.05) is 52.2 Å². The van der Waals surface area contributed by atoms with Crippen molar-refractivity contribution in [1.29, 1.82) is 0 Å². The van der Waals surface area contributed by atoms with Gasteiger partial charge in [-0.1, -0.05) is 81.8 Å². The normalized spacial score (nSPS) is 10.4. The van der Waals surface area contributed by atoms with Crippen LogP contribution < -0.4 is 20.4 Å². The highest BCUT2D eigenvalue weighted by molar-refractivity contribution is 6.32. The van der Waals surface area contributed by atoms with E-state index in [9.17, 15) is 19.2 Å². The Bertz CT molecular complexity index is 2370. The summed E-state index contributed by atoms with van der Waals surface area (Å²) in [6.45, 7) is 3.90. The Morgan fingerprint density at radius 2 is 1.05 bits per heavy atom. The van der Waals surface area contributed by atoms with Crippen LogP contribution in [0.1, 0.15) is 52.6 Å². The van der Waals surface area contributed by atoms with Crippen molar-refractivity contribution in [3.05, 3.63) is 181 Å². The Labute approximate surface area is 344 Å². The molecule has 0 aliphatic heterocycles. The van der Waals surface area contributed by atoms with E-state index in [2.05, 4.69) is 15.6 Å². The van der Waals surface area contributed by atoms with Gasteiger partial charge in [0.1, 0.15) is 5.82 Å². The minimum Gasteiger partial charge on any atom is -0.321 e. The molecule has 4 amide bonds. The average molecular weight is 828 g/mol. The fourth-order valence-corrected chi connectivity index (χ4v) is 5.86. The number of carbonyl (C=O) groups is 4. The Kier molecular flexibility index (Phi) is 13.9. The minimum absolute atomic E-state index is 0.235. The maximum atomic E-state index is 13.0. The molecule has 6 rings (SSSR count). The zero-order valence-corrected chi connectivity index (χ0v) is 33.6. The SMILES string of the molecule is Cc1ccc(C(=O)N(C)c2ccc(Cl)cc2C(=O)Nc2ccc(Cl)cn2)cc1.Cc1ccc(C(=O)Nc2ccc(Cl)cc2C(=O)N(C)c2ccc(Cl)cc2)cc1. The second-order valence-electron chi connectivity index (χ2n) is 12.6. The summed E-state index contributed by atoms with van der Waals surface area (Å²) >= 11 is 23.9. The Morgan fingerprint density at radius 1 is 0.518 bits per heavy atom. The van der Waals surface area contributed by atoms with Gasteiger partial charge >= 0.3 is 0 Å². The molecular weight excluding hydrogens is 792 g/mol. The molecule has 284 valence electrons. The van der Waals surface area contributed by atoms with Gasteiger partial charge < -0.3 is 20.4 Å². The van der Waals surface area contributed by atoms with Crippen LogP contribution in [0.5, 0.6) is 0 Å². The van der Waals surface area contributed by atoms with E-state index in [0.29, 0.717) is 59.7 Å². The van der Waals surface area contributed by atoms with Crippen molar-refractivity contribution in [2.24, 2.45) is 0 Å². The molecule has 0 bridgehead atoms. The highest BCUT2D eigenvalue weighted by atomic mass is 35.5. The molecule has 0 fully saturated rings. The number of anilines is 4. The summed E-state index contributed by atoms with van der Waals surface area (Å²) in [7, 11) is 3.26. The monoisotopic (exact) mass is 825 g/mol. The van der Waals surface area contributed by atoms with Crippen LogP contribution >= 0.6 is 46.4 Å². The lowest BCUT2D eigenvalue weighted by molar-refractivity contribution is 0.0983. The first-order chi connectivity index (χ1) is 26.7. The molecule has 5 aromatic carbocycles. The van der Waals surface area contributed by atoms with Crippen LogP contribution in [-0.4, -0.2) is 42.7 Å². The third kappa shape index (κ3) is 10.7. The zero-order chi connectivity index (χ0) is 40.5. The second kappa shape index (κ2) is 18.8. The molecule has 56 heavy (non-hydrogen) atoms. The number of hydrogen-bond acceptors (Lipinski definition) is 5. The number of pyridine rings is 1. The molecule has 0 spiro atoms. The van der Waals surface area contributed by atoms with Gasteiger partial charge in [-0.2, -0.15) is 0 Å². The lowest BCUT2D eigenvalue weighted by atomic mass is 10.1. The third-order valence-electron chi connectivity index (χ3n) is 8.43. The summed E-state index contributed by atoms with van der Waals surface area (Å²) in [5.74, 6) is -0.931. The van der Waals surface area contributed by atoms with Crippen molar-refractivity contribution in [2.75, 3.05) is 34.5 Å². The number of benzene rings is 5. The Hall–Kier alpha value is -5.71. The lowest BCUT2D eigenvalue weighted by Crippen LogP contribution is -2.29. The summed E-state index contributed by atoms with van der Waals surface area (Å²) in [5.41, 5.74) is 5.19. The fourth-order valence-electron chi connectivity index (χ4n) is 5.28. The molecule has 13 heteroatoms. The van der Waals surface area contributed by atoms with Crippen molar-refractivity contribution in [3.8, 4) is 0 Å². The number of nitrogens with one attached hydrogen (secondary N) is 2. The van der Waals surface area contributed by atoms with Crippen molar-refractivity contribution in [2.45, 2.75) is 13.8 Å². The summed E-state index contributed by atoms with van der Waals surface area (Å²) in [4.78, 5) is 58.2. The second-order valence-corrected chi connectivity index (χ2v) is 14.3. The van der Waals surface area contributed by atoms with E-state index in [0.717, 1.165) is 11.1 Å². The first-order valence-electron chi connectivity index (χ1n) is 17.0. The summed E-state index contributed by atoms with van der Waals surface area (Å²) in [6.07, 6.45) is 1.43. The van der Waals surface area contributed by atoms with Crippen molar-refractivity contribution >= 4 is 92.9 Å². The zero-order valence-electron chi connectivity index (χ0n) is 30.6. The van der Waals surface area contributed by atoms with Crippen LogP contribution in [-0.2, 0) is 0 Å². The minimum atomic E-state index is -0.434. The van der Waals surface area contributed by atoms with E-state index in [1.807, 2.05) is 38.1 Å². The Morgan fingerprint density at radius 3 is 1.64 bits per heavy atom. The summed E-state index contributed by atoms with van der Waals surface area (Å²) in [5, 5.41) is 7.32. The highest BCUT2D eigenvalue weighted by Gasteiger charge is 2.22. The quantitative estimate of drug-likeness (QED) is 0.159. The largest absolute Gasteiger partial charge is 0.321 e. The molecule has 0 aliphatic rings. The molecule has 0 saturated heterocycles. The highest BCUT2D eigenvalue weighted by Crippen LogP contribution is 2.28. The van der Waals surface area contributed by atoms with Gasteiger partial charge in [0.25, 0.3) is 23.6 Å². The predicted molar refractivity (Wildman–Crippen MR) is 227 cm³/mol. The maximum absolute atomic E-state index is 13.0. The average Bonchev–Trinajstić information content (AvgIpc) is 3.19. The Balaban J connectivity index is 0.000000214. The molecule has 2 N–H and O–H groups in total. The topological polar surface area (TPSA) is 112 Å². The number of nitrogens with zero attached hydrogens (tertiary/aromatic N) is 3. The number of rotatable bonds is 8. The van der Waals surface area contributed by atoms with Gasteiger partial charge in [-0.3, -0.25) is 19.2 Å². The molecule has 0 atom stereocenters. The fraction of sp³-hybridized carbons (Fsp3) is 0.0930. The van der Waals surface area contributed by atoms with E-state index in [1.165, 1.54) is 22.1 Å². The summed E-state index contributed by atoms with van der Waals surface area (Å²) in [6, 6.07) is 34.1. The smallest absolute Gasteiger partial charge is 0.260 e. The van der Waals surface area contributed by atoms with E-state index < -0.39 is 5.91 Å². The van der Waals surface area contributed by atoms with Crippen LogP contribution in [0.25, 0.3) is 0 Å². The number of hydrogen-bond donors (Lipinski definition) is 2. The van der Waals surface area contributed by atoms with Crippen molar-refractivity contribution in [3.63, 3.8) is 0 Å². The molecule has 6 aromatic rings. The molecule has 0 aliphatic carbocycles. The number of carbonyl (C=O) groups excluding carboxylic acids is 4. The molecule has 0 unspecified atom stereocenters. The van der Waals surface area contributed by atoms with E-state index >= 15 is 0 Å². The first kappa shape index (κ1) is 41.5. The van der Waals surface area contributed by atoms with E-state index in [4.69, 9.17) is 46.4 Å². The molecule has 9 nitrogen and oxygen atoms in total. The van der Waals surface area contributed by atoms with E-state index in [1.54, 1.807) is 105 Å². The number of amides is 4. The van der Waals surface area contributed by atoms with Crippen LogP contribution in [0.4, 0.5) is 22.9 Å². The predicted octanol–water partition coefficient (Wildman–Crippen LogP) is 11.1. The van der Waals surface area contributed by atoms with E-state index in [-0.39, 0.29) is 23.3 Å². The number of aryl methyl sites for hydroxylation is 2. The van der Waals surface area contributed by atoms with Gasteiger partial charge in [0.2, 0.25) is 0 Å². The van der Waals surface area contributed by atoms with Crippen molar-refractivity contribution < 1.29 is 19.2 Å². The number of halogens is 4. The molecule has 0 saturated carbocycles. The van der Waals surface area contributed by atoms with Crippen LogP contribution in [0.2, 0.25) is 20.1 Å². The number of aromatic nitrogens is 1. The molecule has 1 aromatic heterocycles. The molecule has 1 heterocycles. The first-order valence-corrected chi connectivity index (χ1v) is 18.5. The van der Waals surface area contributed by atoms with Gasteiger partial charge in [0.15, 0.2) is 0 Å². The molecule has 0 radical (unpaired) electrons.